The van der Waals surface area contributed by atoms with Crippen molar-refractivity contribution in [3.05, 3.63) is 22.4 Å². The van der Waals surface area contributed by atoms with Crippen molar-refractivity contribution in [2.75, 3.05) is 0 Å². The minimum absolute atomic E-state index is 0.00308. The van der Waals surface area contributed by atoms with Crippen LogP contribution in [0.15, 0.2) is 17.5 Å². The van der Waals surface area contributed by atoms with Gasteiger partial charge in [-0.3, -0.25) is 4.79 Å². The number of carbonyl (C=O) groups is 1. The van der Waals surface area contributed by atoms with Crippen molar-refractivity contribution in [1.82, 2.24) is 5.32 Å². The SMILES string of the molecule is CC(NC(=O)C1(C#N)CC1)c1cccs1. The highest BCUT2D eigenvalue weighted by molar-refractivity contribution is 7.10. The van der Waals surface area contributed by atoms with Gasteiger partial charge in [-0.15, -0.1) is 11.3 Å². The number of rotatable bonds is 3. The first kappa shape index (κ1) is 10.2. The lowest BCUT2D eigenvalue weighted by Gasteiger charge is -2.14. The molecule has 4 heteroatoms. The first-order chi connectivity index (χ1) is 7.18. The van der Waals surface area contributed by atoms with Crippen LogP contribution < -0.4 is 5.32 Å². The molecule has 1 aromatic heterocycles. The number of carbonyl (C=O) groups excluding carboxylic acids is 1. The van der Waals surface area contributed by atoms with E-state index < -0.39 is 5.41 Å². The van der Waals surface area contributed by atoms with Gasteiger partial charge >= 0.3 is 0 Å². The monoisotopic (exact) mass is 220 g/mol. The molecule has 0 bridgehead atoms. The predicted molar refractivity (Wildman–Crippen MR) is 58.2 cm³/mol. The summed E-state index contributed by atoms with van der Waals surface area (Å²) in [5.74, 6) is -0.120. The molecule has 15 heavy (non-hydrogen) atoms. The van der Waals surface area contributed by atoms with Gasteiger partial charge in [0.25, 0.3) is 0 Å². The van der Waals surface area contributed by atoms with E-state index in [1.807, 2.05) is 24.4 Å². The second-order valence-corrected chi connectivity index (χ2v) is 4.88. The van der Waals surface area contributed by atoms with E-state index in [0.29, 0.717) is 12.8 Å². The molecule has 1 amide bonds. The highest BCUT2D eigenvalue weighted by Crippen LogP contribution is 2.45. The molecule has 1 aliphatic rings. The number of nitrogens with zero attached hydrogens (tertiary/aromatic N) is 1. The molecule has 1 saturated carbocycles. The zero-order valence-electron chi connectivity index (χ0n) is 8.49. The second-order valence-electron chi connectivity index (χ2n) is 3.90. The Labute approximate surface area is 92.7 Å². The van der Waals surface area contributed by atoms with Gasteiger partial charge in [0.15, 0.2) is 0 Å². The van der Waals surface area contributed by atoms with Crippen LogP contribution in [0.25, 0.3) is 0 Å². The van der Waals surface area contributed by atoms with Crippen LogP contribution in [0.4, 0.5) is 0 Å². The zero-order valence-corrected chi connectivity index (χ0v) is 9.30. The number of amides is 1. The minimum atomic E-state index is -0.717. The summed E-state index contributed by atoms with van der Waals surface area (Å²) < 4.78 is 0. The minimum Gasteiger partial charge on any atom is -0.347 e. The molecule has 0 radical (unpaired) electrons. The van der Waals surface area contributed by atoms with Gasteiger partial charge < -0.3 is 5.32 Å². The Bertz CT molecular complexity index is 401. The van der Waals surface area contributed by atoms with Crippen molar-refractivity contribution in [3.63, 3.8) is 0 Å². The van der Waals surface area contributed by atoms with Gasteiger partial charge in [0, 0.05) is 4.88 Å². The molecule has 1 heterocycles. The van der Waals surface area contributed by atoms with Crippen LogP contribution in [0.1, 0.15) is 30.7 Å². The molecule has 1 atom stereocenters. The van der Waals surface area contributed by atoms with E-state index in [1.165, 1.54) is 0 Å². The standard InChI is InChI=1S/C11H12N2OS/c1-8(9-3-2-6-15-9)13-10(14)11(7-12)4-5-11/h2-3,6,8H,4-5H2,1H3,(H,13,14). The lowest BCUT2D eigenvalue weighted by molar-refractivity contribution is -0.125. The lowest BCUT2D eigenvalue weighted by atomic mass is 10.1. The number of hydrogen-bond acceptors (Lipinski definition) is 3. The van der Waals surface area contributed by atoms with Crippen molar-refractivity contribution in [2.24, 2.45) is 5.41 Å². The van der Waals surface area contributed by atoms with Crippen LogP contribution in [-0.2, 0) is 4.79 Å². The summed E-state index contributed by atoms with van der Waals surface area (Å²) in [6, 6.07) is 6.04. The Morgan fingerprint density at radius 1 is 1.73 bits per heavy atom. The molecule has 1 unspecified atom stereocenters. The maximum Gasteiger partial charge on any atom is 0.240 e. The molecule has 3 nitrogen and oxygen atoms in total. The maximum absolute atomic E-state index is 11.7. The third-order valence-electron chi connectivity index (χ3n) is 2.72. The fraction of sp³-hybridized carbons (Fsp3) is 0.455. The van der Waals surface area contributed by atoms with E-state index in [9.17, 15) is 4.79 Å². The van der Waals surface area contributed by atoms with Crippen molar-refractivity contribution in [2.45, 2.75) is 25.8 Å². The Hall–Kier alpha value is -1.34. The average Bonchev–Trinajstić information content (AvgIpc) is 2.84. The molecule has 1 fully saturated rings. The first-order valence-electron chi connectivity index (χ1n) is 4.93. The van der Waals surface area contributed by atoms with E-state index >= 15 is 0 Å². The normalized spacial score (nSPS) is 18.9. The highest BCUT2D eigenvalue weighted by atomic mass is 32.1. The molecular formula is C11H12N2OS. The first-order valence-corrected chi connectivity index (χ1v) is 5.81. The van der Waals surface area contributed by atoms with Crippen molar-refractivity contribution < 1.29 is 4.79 Å². The van der Waals surface area contributed by atoms with Crippen LogP contribution in [0, 0.1) is 16.7 Å². The molecule has 1 N–H and O–H groups in total. The smallest absolute Gasteiger partial charge is 0.240 e. The number of hydrogen-bond donors (Lipinski definition) is 1. The van der Waals surface area contributed by atoms with Gasteiger partial charge in [-0.05, 0) is 31.2 Å². The number of nitriles is 1. The molecule has 1 aliphatic carbocycles. The molecule has 2 rings (SSSR count). The number of thiophene rings is 1. The fourth-order valence-electron chi connectivity index (χ4n) is 1.46. The molecule has 0 saturated heterocycles. The quantitative estimate of drug-likeness (QED) is 0.849. The highest BCUT2D eigenvalue weighted by Gasteiger charge is 2.50. The molecule has 0 spiro atoms. The zero-order chi connectivity index (χ0) is 10.9. The van der Waals surface area contributed by atoms with Gasteiger partial charge in [0.05, 0.1) is 12.1 Å². The molecular weight excluding hydrogens is 208 g/mol. The second kappa shape index (κ2) is 3.67. The number of nitrogens with one attached hydrogen (secondary N) is 1. The molecule has 1 aromatic rings. The van der Waals surface area contributed by atoms with Crippen LogP contribution in [0.2, 0.25) is 0 Å². The van der Waals surface area contributed by atoms with E-state index in [2.05, 4.69) is 11.4 Å². The van der Waals surface area contributed by atoms with Gasteiger partial charge in [-0.1, -0.05) is 6.07 Å². The fourth-order valence-corrected chi connectivity index (χ4v) is 2.19. The summed E-state index contributed by atoms with van der Waals surface area (Å²) in [6.07, 6.45) is 1.40. The lowest BCUT2D eigenvalue weighted by Crippen LogP contribution is -2.32. The van der Waals surface area contributed by atoms with E-state index in [1.54, 1.807) is 11.3 Å². The summed E-state index contributed by atoms with van der Waals surface area (Å²) in [4.78, 5) is 12.9. The van der Waals surface area contributed by atoms with Crippen molar-refractivity contribution >= 4 is 17.2 Å². The molecule has 78 valence electrons. The molecule has 0 aliphatic heterocycles. The van der Waals surface area contributed by atoms with Gasteiger partial charge in [0.2, 0.25) is 5.91 Å². The predicted octanol–water partition coefficient (Wildman–Crippen LogP) is 2.23. The van der Waals surface area contributed by atoms with E-state index in [-0.39, 0.29) is 11.9 Å². The summed E-state index contributed by atoms with van der Waals surface area (Å²) in [6.45, 7) is 1.94. The summed E-state index contributed by atoms with van der Waals surface area (Å²) >= 11 is 1.61. The third kappa shape index (κ3) is 1.88. The van der Waals surface area contributed by atoms with Crippen LogP contribution in [0.5, 0.6) is 0 Å². The van der Waals surface area contributed by atoms with E-state index in [4.69, 9.17) is 5.26 Å². The van der Waals surface area contributed by atoms with Gasteiger partial charge in [-0.2, -0.15) is 5.26 Å². The largest absolute Gasteiger partial charge is 0.347 e. The van der Waals surface area contributed by atoms with E-state index in [0.717, 1.165) is 4.88 Å². The van der Waals surface area contributed by atoms with Crippen molar-refractivity contribution in [1.29, 1.82) is 5.26 Å². The summed E-state index contributed by atoms with van der Waals surface area (Å²) in [7, 11) is 0. The third-order valence-corrected chi connectivity index (χ3v) is 3.77. The van der Waals surface area contributed by atoms with Gasteiger partial charge in [-0.25, -0.2) is 0 Å². The van der Waals surface area contributed by atoms with Gasteiger partial charge in [0.1, 0.15) is 5.41 Å². The summed E-state index contributed by atoms with van der Waals surface area (Å²) in [5.41, 5.74) is -0.717. The van der Waals surface area contributed by atoms with Crippen LogP contribution in [-0.4, -0.2) is 5.91 Å². The van der Waals surface area contributed by atoms with Crippen molar-refractivity contribution in [3.8, 4) is 6.07 Å². The Morgan fingerprint density at radius 3 is 2.93 bits per heavy atom. The van der Waals surface area contributed by atoms with Crippen LogP contribution in [0.3, 0.4) is 0 Å². The maximum atomic E-state index is 11.7. The topological polar surface area (TPSA) is 52.9 Å². The Kier molecular flexibility index (Phi) is 2.49. The Morgan fingerprint density at radius 2 is 2.47 bits per heavy atom. The Balaban J connectivity index is 1.99. The average molecular weight is 220 g/mol. The van der Waals surface area contributed by atoms with Crippen LogP contribution >= 0.6 is 11.3 Å². The summed E-state index contributed by atoms with van der Waals surface area (Å²) in [5, 5.41) is 13.7. The molecule has 0 aromatic carbocycles.